The second-order valence-corrected chi connectivity index (χ2v) is 15.9. The van der Waals surface area contributed by atoms with Gasteiger partial charge in [-0.15, -0.1) is 0 Å². The number of hydrogen-bond acceptors (Lipinski definition) is 6. The van der Waals surface area contributed by atoms with Gasteiger partial charge in [-0.25, -0.2) is 9.10 Å². The van der Waals surface area contributed by atoms with Crippen molar-refractivity contribution in [1.82, 2.24) is 4.90 Å². The number of anilines is 2. The molecule has 0 unspecified atom stereocenters. The number of aliphatic hydroxyl groups is 1. The molecule has 2 bridgehead atoms. The van der Waals surface area contributed by atoms with Crippen LogP contribution < -0.4 is 14.3 Å². The molecule has 0 radical (unpaired) electrons. The summed E-state index contributed by atoms with van der Waals surface area (Å²) in [7, 11) is -2.54. The van der Waals surface area contributed by atoms with Crippen molar-refractivity contribution in [2.24, 2.45) is 17.6 Å². The summed E-state index contributed by atoms with van der Waals surface area (Å²) >= 11 is 0. The van der Waals surface area contributed by atoms with E-state index in [0.717, 1.165) is 77.5 Å². The summed E-state index contributed by atoms with van der Waals surface area (Å²) in [5, 5.41) is 22.0. The average molecular weight is 655 g/mol. The molecule has 246 valence electrons. The Bertz CT molecular complexity index is 1800. The number of nitrogens with zero attached hydrogens (tertiary/aromatic N) is 5. The number of piperazine rings is 3. The molecule has 2 amide bonds. The molecule has 46 heavy (non-hydrogen) atoms. The van der Waals surface area contributed by atoms with Crippen LogP contribution in [0, 0.1) is 11.8 Å². The lowest BCUT2D eigenvalue weighted by Gasteiger charge is -2.55. The molecule has 14 heteroatoms. The Labute approximate surface area is 268 Å². The summed E-state index contributed by atoms with van der Waals surface area (Å²) in [4.78, 5) is 38.1. The van der Waals surface area contributed by atoms with Crippen molar-refractivity contribution in [3.05, 3.63) is 47.2 Å². The molecule has 4 saturated heterocycles. The van der Waals surface area contributed by atoms with E-state index < -0.39 is 46.1 Å². The molecule has 4 N–H and O–H groups in total. The van der Waals surface area contributed by atoms with Gasteiger partial charge in [-0.3, -0.25) is 13.9 Å². The van der Waals surface area contributed by atoms with Crippen LogP contribution in [0.15, 0.2) is 41.6 Å². The number of carbonyl (C=O) groups is 3. The Morgan fingerprint density at radius 3 is 2.30 bits per heavy atom. The van der Waals surface area contributed by atoms with E-state index in [1.807, 2.05) is 12.1 Å². The van der Waals surface area contributed by atoms with Gasteiger partial charge >= 0.3 is 16.2 Å². The number of rotatable bonds is 9. The van der Waals surface area contributed by atoms with Crippen LogP contribution in [0.4, 0.5) is 11.4 Å². The molecule has 13 nitrogen and oxygen atoms in total. The van der Waals surface area contributed by atoms with Crippen LogP contribution in [0.25, 0.3) is 10.8 Å². The normalized spacial score (nSPS) is 31.7. The highest BCUT2D eigenvalue weighted by Gasteiger charge is 2.60. The Hall–Kier alpha value is -3.72. The van der Waals surface area contributed by atoms with E-state index in [9.17, 15) is 33.0 Å². The van der Waals surface area contributed by atoms with E-state index in [4.69, 9.17) is 5.73 Å². The minimum atomic E-state index is -4.05. The van der Waals surface area contributed by atoms with Crippen molar-refractivity contribution in [2.75, 3.05) is 74.6 Å². The van der Waals surface area contributed by atoms with E-state index in [1.54, 1.807) is 13.0 Å². The fourth-order valence-electron chi connectivity index (χ4n) is 8.80. The maximum atomic E-state index is 13.9. The van der Waals surface area contributed by atoms with Crippen molar-refractivity contribution in [2.45, 2.75) is 32.4 Å². The molecule has 0 aliphatic carbocycles. The zero-order valence-electron chi connectivity index (χ0n) is 26.4. The lowest BCUT2D eigenvalue weighted by molar-refractivity contribution is -1.08. The van der Waals surface area contributed by atoms with E-state index in [2.05, 4.69) is 12.1 Å². The van der Waals surface area contributed by atoms with Crippen molar-refractivity contribution < 1.29 is 42.0 Å². The predicted molar refractivity (Wildman–Crippen MR) is 171 cm³/mol. The number of aliphatic carboxylic acids is 1. The number of aliphatic hydroxyl groups excluding tert-OH is 1. The highest BCUT2D eigenvalue weighted by molar-refractivity contribution is 7.94. The van der Waals surface area contributed by atoms with Gasteiger partial charge in [-0.2, -0.15) is 8.42 Å². The molecule has 0 saturated carbocycles. The minimum absolute atomic E-state index is 0.192. The number of β-lactam (4-membered cyclic amide) rings is 1. The summed E-state index contributed by atoms with van der Waals surface area (Å²) in [5.74, 6) is -3.16. The number of quaternary nitrogens is 2. The number of carboxylic acid groups (broad SMARTS) is 1. The first-order chi connectivity index (χ1) is 21.7. The first-order valence-corrected chi connectivity index (χ1v) is 17.4. The van der Waals surface area contributed by atoms with Gasteiger partial charge in [-0.05, 0) is 35.6 Å². The molecular weight excluding hydrogens is 612 g/mol. The Balaban J connectivity index is 1.17. The molecule has 2 aromatic carbocycles. The monoisotopic (exact) mass is 654 g/mol. The lowest BCUT2D eigenvalue weighted by atomic mass is 9.78. The molecule has 2 aromatic rings. The fourth-order valence-corrected chi connectivity index (χ4v) is 10.2. The van der Waals surface area contributed by atoms with Gasteiger partial charge < -0.3 is 29.8 Å². The van der Waals surface area contributed by atoms with Crippen LogP contribution >= 0.6 is 0 Å². The van der Waals surface area contributed by atoms with Gasteiger partial charge in [0.1, 0.15) is 45.0 Å². The molecule has 6 aliphatic heterocycles. The first kappa shape index (κ1) is 30.9. The van der Waals surface area contributed by atoms with Crippen LogP contribution in [0.2, 0.25) is 0 Å². The summed E-state index contributed by atoms with van der Waals surface area (Å²) < 4.78 is 32.1. The van der Waals surface area contributed by atoms with Gasteiger partial charge in [-0.1, -0.05) is 25.1 Å². The summed E-state index contributed by atoms with van der Waals surface area (Å²) in [6.45, 7) is 10.4. The standard InChI is InChI=1S/C32H40N6O7S/c1-19-24(30(32(42)43)36-28(19)27(20(2)39)31(36)41)17-35-25-7-6-22-5-4-21(16-23(22)29(25)34(3)46(35,44)45)8-9-37-10-13-38(14-11-37,15-12-37)18-26(33)40/h4-7,16,19-20,27-28,39H,8-15,17-18H2,1-3H3,(H-2,33,40,42,43)/p+2/t19-,20+,27+,28+,37?,38?/m0/s1. The molecule has 4 fully saturated rings. The van der Waals surface area contributed by atoms with E-state index in [1.165, 1.54) is 27.5 Å². The van der Waals surface area contributed by atoms with Crippen LogP contribution in [-0.4, -0.2) is 128 Å². The number of nitrogens with two attached hydrogens (primary N) is 1. The SMILES string of the molecule is C[C@@H](O)[C@H]1C(=O)N2C(C(=O)O)=C(CN3c4ccc5ccc(CC[N+]67CC[N+](CC(N)=O)(CC6)CC7)cc5c4N(C)S3(=O)=O)[C@H](C)[C@H]12. The third-order valence-electron chi connectivity index (χ3n) is 11.6. The number of primary amides is 1. The van der Waals surface area contributed by atoms with E-state index in [0.29, 0.717) is 23.5 Å². The smallest absolute Gasteiger partial charge is 0.352 e. The second-order valence-electron chi connectivity index (χ2n) is 14.0. The van der Waals surface area contributed by atoms with Crippen molar-refractivity contribution >= 4 is 50.1 Å². The van der Waals surface area contributed by atoms with Crippen LogP contribution in [0.3, 0.4) is 0 Å². The summed E-state index contributed by atoms with van der Waals surface area (Å²) in [6, 6.07) is 9.30. The van der Waals surface area contributed by atoms with Crippen molar-refractivity contribution in [1.29, 1.82) is 0 Å². The van der Waals surface area contributed by atoms with Gasteiger partial charge in [0.25, 0.3) is 5.91 Å². The maximum absolute atomic E-state index is 13.9. The first-order valence-electron chi connectivity index (χ1n) is 16.0. The Morgan fingerprint density at radius 1 is 1.07 bits per heavy atom. The highest BCUT2D eigenvalue weighted by Crippen LogP contribution is 2.50. The summed E-state index contributed by atoms with van der Waals surface area (Å²) in [5.41, 5.74) is 7.80. The second kappa shape index (κ2) is 10.4. The number of hydrogen-bond donors (Lipinski definition) is 3. The zero-order chi connectivity index (χ0) is 32.9. The molecule has 4 atom stereocenters. The number of carbonyl (C=O) groups excluding carboxylic acids is 2. The van der Waals surface area contributed by atoms with E-state index in [-0.39, 0.29) is 18.1 Å². The van der Waals surface area contributed by atoms with Crippen LogP contribution in [-0.2, 0) is 31.0 Å². The van der Waals surface area contributed by atoms with Crippen molar-refractivity contribution in [3.63, 3.8) is 0 Å². The largest absolute Gasteiger partial charge is 0.477 e. The highest BCUT2D eigenvalue weighted by atomic mass is 32.2. The van der Waals surface area contributed by atoms with E-state index >= 15 is 0 Å². The minimum Gasteiger partial charge on any atom is -0.477 e. The Kier molecular flexibility index (Phi) is 6.98. The molecule has 0 aromatic heterocycles. The van der Waals surface area contributed by atoms with Gasteiger partial charge in [0.05, 0.1) is 42.5 Å². The number of benzene rings is 2. The predicted octanol–water partition coefficient (Wildman–Crippen LogP) is 0.226. The van der Waals surface area contributed by atoms with Crippen molar-refractivity contribution in [3.8, 4) is 0 Å². The van der Waals surface area contributed by atoms with Gasteiger partial charge in [0.15, 0.2) is 6.54 Å². The third-order valence-corrected chi connectivity index (χ3v) is 13.3. The van der Waals surface area contributed by atoms with Crippen LogP contribution in [0.5, 0.6) is 0 Å². The lowest BCUT2D eigenvalue weighted by Crippen LogP contribution is -2.76. The average Bonchev–Trinajstić information content (AvgIpc) is 3.36. The molecule has 8 rings (SSSR count). The molecule has 6 aliphatic rings. The Morgan fingerprint density at radius 2 is 1.70 bits per heavy atom. The number of carboxylic acids is 1. The fraction of sp³-hybridized carbons (Fsp3) is 0.531. The number of fused-ring (bicyclic) bond motifs is 7. The number of amides is 2. The van der Waals surface area contributed by atoms with Gasteiger partial charge in [0, 0.05) is 24.8 Å². The topological polar surface area (TPSA) is 162 Å². The maximum Gasteiger partial charge on any atom is 0.352 e. The summed E-state index contributed by atoms with van der Waals surface area (Å²) in [6.07, 6.45) is -0.116. The van der Waals surface area contributed by atoms with Crippen LogP contribution in [0.1, 0.15) is 19.4 Å². The third kappa shape index (κ3) is 4.44. The zero-order valence-corrected chi connectivity index (χ0v) is 27.2. The molecular formula is C32H42N6O7S+2. The molecule has 6 heterocycles. The quantitative estimate of drug-likeness (QED) is 0.258. The molecule has 0 spiro atoms. The van der Waals surface area contributed by atoms with Gasteiger partial charge in [0.2, 0.25) is 5.91 Å².